The van der Waals surface area contributed by atoms with Crippen LogP contribution in [0.4, 0.5) is 4.39 Å². The van der Waals surface area contributed by atoms with Crippen molar-refractivity contribution in [1.82, 2.24) is 15.1 Å². The van der Waals surface area contributed by atoms with E-state index in [4.69, 9.17) is 0 Å². The summed E-state index contributed by atoms with van der Waals surface area (Å²) >= 11 is 3.31. The van der Waals surface area contributed by atoms with Crippen molar-refractivity contribution in [2.75, 3.05) is 7.05 Å². The van der Waals surface area contributed by atoms with Crippen LogP contribution in [0.2, 0.25) is 0 Å². The lowest BCUT2D eigenvalue weighted by molar-refractivity contribution is 0.621. The molecular weight excluding hydrogens is 273 g/mol. The van der Waals surface area contributed by atoms with Crippen molar-refractivity contribution < 1.29 is 4.39 Å². The summed E-state index contributed by atoms with van der Waals surface area (Å²) in [6.45, 7) is 0.632. The Kier molecular flexibility index (Phi) is 3.36. The summed E-state index contributed by atoms with van der Waals surface area (Å²) in [6.07, 6.45) is 3.46. The van der Waals surface area contributed by atoms with E-state index in [1.165, 1.54) is 12.1 Å². The predicted octanol–water partition coefficient (Wildman–Crippen LogP) is 2.49. The van der Waals surface area contributed by atoms with E-state index in [-0.39, 0.29) is 5.82 Å². The normalized spacial score (nSPS) is 10.7. The van der Waals surface area contributed by atoms with Crippen molar-refractivity contribution in [3.8, 4) is 5.69 Å². The molecule has 1 aromatic carbocycles. The summed E-state index contributed by atoms with van der Waals surface area (Å²) in [5, 5.41) is 7.10. The minimum Gasteiger partial charge on any atom is -0.316 e. The summed E-state index contributed by atoms with van der Waals surface area (Å²) in [5.41, 5.74) is 1.61. The Hall–Kier alpha value is -1.20. The number of nitrogens with zero attached hydrogens (tertiary/aromatic N) is 2. The maximum absolute atomic E-state index is 13.4. The van der Waals surface area contributed by atoms with Crippen molar-refractivity contribution in [3.63, 3.8) is 0 Å². The van der Waals surface area contributed by atoms with Gasteiger partial charge in [0.1, 0.15) is 5.82 Å². The monoisotopic (exact) mass is 283 g/mol. The van der Waals surface area contributed by atoms with Crippen LogP contribution in [0.25, 0.3) is 5.69 Å². The molecule has 0 aliphatic heterocycles. The van der Waals surface area contributed by atoms with Gasteiger partial charge in [0.25, 0.3) is 0 Å². The molecule has 0 unspecified atom stereocenters. The number of benzene rings is 1. The fraction of sp³-hybridized carbons (Fsp3) is 0.182. The van der Waals surface area contributed by atoms with Gasteiger partial charge in [-0.3, -0.25) is 0 Å². The van der Waals surface area contributed by atoms with Gasteiger partial charge in [-0.25, -0.2) is 9.07 Å². The van der Waals surface area contributed by atoms with Crippen molar-refractivity contribution in [2.45, 2.75) is 6.54 Å². The van der Waals surface area contributed by atoms with E-state index in [0.717, 1.165) is 15.7 Å². The first-order valence-electron chi connectivity index (χ1n) is 4.83. The van der Waals surface area contributed by atoms with Crippen LogP contribution in [0.5, 0.6) is 0 Å². The molecule has 0 saturated carbocycles. The van der Waals surface area contributed by atoms with Crippen molar-refractivity contribution in [1.29, 1.82) is 0 Å². The van der Waals surface area contributed by atoms with Crippen LogP contribution in [0.3, 0.4) is 0 Å². The highest BCUT2D eigenvalue weighted by Gasteiger charge is 2.03. The molecule has 84 valence electrons. The number of aromatic nitrogens is 2. The van der Waals surface area contributed by atoms with Gasteiger partial charge in [0.15, 0.2) is 0 Å². The Balaban J connectivity index is 2.40. The summed E-state index contributed by atoms with van der Waals surface area (Å²) in [5.74, 6) is -0.255. The summed E-state index contributed by atoms with van der Waals surface area (Å²) < 4.78 is 15.9. The Morgan fingerprint density at radius 3 is 2.88 bits per heavy atom. The molecule has 5 heteroatoms. The molecule has 3 nitrogen and oxygen atoms in total. The summed E-state index contributed by atoms with van der Waals surface area (Å²) in [7, 11) is 1.83. The van der Waals surface area contributed by atoms with Gasteiger partial charge in [0.05, 0.1) is 16.4 Å². The van der Waals surface area contributed by atoms with E-state index in [1.54, 1.807) is 17.1 Å². The first-order chi connectivity index (χ1) is 7.69. The Morgan fingerprint density at radius 2 is 2.25 bits per heavy atom. The van der Waals surface area contributed by atoms with Gasteiger partial charge < -0.3 is 5.32 Å². The molecule has 0 aliphatic rings. The quantitative estimate of drug-likeness (QED) is 0.938. The number of nitrogens with one attached hydrogen (secondary N) is 1. The maximum Gasteiger partial charge on any atom is 0.125 e. The first-order valence-corrected chi connectivity index (χ1v) is 5.63. The van der Waals surface area contributed by atoms with Crippen molar-refractivity contribution in [3.05, 3.63) is 46.4 Å². The highest BCUT2D eigenvalue weighted by Crippen LogP contribution is 2.15. The minimum absolute atomic E-state index is 0.255. The zero-order valence-corrected chi connectivity index (χ0v) is 10.3. The smallest absolute Gasteiger partial charge is 0.125 e. The number of hydrogen-bond donors (Lipinski definition) is 1. The van der Waals surface area contributed by atoms with E-state index < -0.39 is 0 Å². The molecule has 0 atom stereocenters. The second-order valence-corrected chi connectivity index (χ2v) is 4.37. The van der Waals surface area contributed by atoms with Crippen LogP contribution in [0.1, 0.15) is 5.56 Å². The van der Waals surface area contributed by atoms with Gasteiger partial charge in [0.2, 0.25) is 0 Å². The minimum atomic E-state index is -0.255. The van der Waals surface area contributed by atoms with Crippen LogP contribution in [-0.2, 0) is 6.54 Å². The van der Waals surface area contributed by atoms with Crippen LogP contribution in [-0.4, -0.2) is 16.8 Å². The molecular formula is C11H11BrFN3. The molecule has 0 saturated heterocycles. The maximum atomic E-state index is 13.4. The van der Waals surface area contributed by atoms with Crippen LogP contribution >= 0.6 is 15.9 Å². The lowest BCUT2D eigenvalue weighted by atomic mass is 10.2. The lowest BCUT2D eigenvalue weighted by Crippen LogP contribution is -2.06. The fourth-order valence-corrected chi connectivity index (χ4v) is 1.80. The third-order valence-electron chi connectivity index (χ3n) is 2.14. The van der Waals surface area contributed by atoms with E-state index in [2.05, 4.69) is 26.3 Å². The van der Waals surface area contributed by atoms with Crippen LogP contribution in [0, 0.1) is 5.82 Å². The van der Waals surface area contributed by atoms with Crippen LogP contribution in [0.15, 0.2) is 35.1 Å². The molecule has 0 aliphatic carbocycles. The first kappa shape index (κ1) is 11.3. The molecule has 1 N–H and O–H groups in total. The third kappa shape index (κ3) is 2.48. The highest BCUT2D eigenvalue weighted by atomic mass is 79.9. The van der Waals surface area contributed by atoms with Crippen LogP contribution < -0.4 is 5.32 Å². The molecule has 1 heterocycles. The van der Waals surface area contributed by atoms with Gasteiger partial charge >= 0.3 is 0 Å². The van der Waals surface area contributed by atoms with Crippen molar-refractivity contribution >= 4 is 15.9 Å². The molecule has 0 bridgehead atoms. The zero-order valence-electron chi connectivity index (χ0n) is 8.74. The van der Waals surface area contributed by atoms with Crippen molar-refractivity contribution in [2.24, 2.45) is 0 Å². The zero-order chi connectivity index (χ0) is 11.5. The number of halogens is 2. The van der Waals surface area contributed by atoms with E-state index in [0.29, 0.717) is 6.54 Å². The van der Waals surface area contributed by atoms with Gasteiger partial charge in [-0.05, 0) is 46.7 Å². The molecule has 0 fully saturated rings. The average molecular weight is 284 g/mol. The van der Waals surface area contributed by atoms with E-state index in [9.17, 15) is 4.39 Å². The Morgan fingerprint density at radius 1 is 1.44 bits per heavy atom. The second-order valence-electron chi connectivity index (χ2n) is 3.45. The van der Waals surface area contributed by atoms with Gasteiger partial charge in [-0.1, -0.05) is 0 Å². The number of hydrogen-bond acceptors (Lipinski definition) is 2. The second kappa shape index (κ2) is 4.76. The average Bonchev–Trinajstić information content (AvgIpc) is 2.64. The largest absolute Gasteiger partial charge is 0.316 e. The lowest BCUT2D eigenvalue weighted by Gasteiger charge is -2.05. The third-order valence-corrected chi connectivity index (χ3v) is 2.55. The molecule has 2 rings (SSSR count). The predicted molar refractivity (Wildman–Crippen MR) is 64.0 cm³/mol. The van der Waals surface area contributed by atoms with Gasteiger partial charge in [-0.15, -0.1) is 0 Å². The highest BCUT2D eigenvalue weighted by molar-refractivity contribution is 9.10. The number of rotatable bonds is 3. The Bertz CT molecular complexity index is 496. The Labute approximate surface area is 101 Å². The van der Waals surface area contributed by atoms with E-state index in [1.807, 2.05) is 13.1 Å². The van der Waals surface area contributed by atoms with Gasteiger partial charge in [0, 0.05) is 12.7 Å². The van der Waals surface area contributed by atoms with E-state index >= 15 is 0 Å². The molecule has 0 spiro atoms. The molecule has 0 amide bonds. The van der Waals surface area contributed by atoms with Gasteiger partial charge in [-0.2, -0.15) is 5.10 Å². The summed E-state index contributed by atoms with van der Waals surface area (Å²) in [4.78, 5) is 0. The standard InChI is InChI=1S/C11H11BrFN3/c1-14-5-8-2-10(13)4-11(3-8)16-7-9(12)6-15-16/h2-4,6-7,14H,5H2,1H3. The summed E-state index contributed by atoms with van der Waals surface area (Å²) in [6, 6.07) is 4.87. The molecule has 1 aromatic heterocycles. The molecule has 16 heavy (non-hydrogen) atoms. The molecule has 0 radical (unpaired) electrons. The fourth-order valence-electron chi connectivity index (χ4n) is 1.51. The molecule has 2 aromatic rings. The topological polar surface area (TPSA) is 29.9 Å². The SMILES string of the molecule is CNCc1cc(F)cc(-n2cc(Br)cn2)c1.